The Morgan fingerprint density at radius 1 is 1.64 bits per heavy atom. The van der Waals surface area contributed by atoms with E-state index in [1.807, 2.05) is 0 Å². The van der Waals surface area contributed by atoms with E-state index in [-0.39, 0.29) is 10.7 Å². The van der Waals surface area contributed by atoms with Crippen molar-refractivity contribution in [1.29, 1.82) is 0 Å². The first-order valence-corrected chi connectivity index (χ1v) is 4.55. The number of pyridine rings is 1. The van der Waals surface area contributed by atoms with Gasteiger partial charge < -0.3 is 0 Å². The van der Waals surface area contributed by atoms with E-state index < -0.39 is 4.92 Å². The number of nitro groups is 1. The number of hydrogen-bond donors (Lipinski definition) is 1. The third-order valence-electron chi connectivity index (χ3n) is 1.36. The van der Waals surface area contributed by atoms with Crippen LogP contribution in [0.15, 0.2) is 12.4 Å². The second-order valence-corrected chi connectivity index (χ2v) is 2.93. The predicted octanol–water partition coefficient (Wildman–Crippen LogP) is 1.92. The molecule has 1 rings (SSSR count). The van der Waals surface area contributed by atoms with Crippen molar-refractivity contribution in [3.8, 4) is 11.8 Å². The molecule has 0 radical (unpaired) electrons. The van der Waals surface area contributed by atoms with Crippen molar-refractivity contribution in [3.05, 3.63) is 33.1 Å². The van der Waals surface area contributed by atoms with E-state index in [1.54, 1.807) is 0 Å². The first kappa shape index (κ1) is 10.8. The molecule has 72 valence electrons. The molecule has 1 aromatic rings. The lowest BCUT2D eigenvalue weighted by Crippen LogP contribution is -1.92. The van der Waals surface area contributed by atoms with E-state index >= 15 is 0 Å². The number of halogens is 1. The predicted molar refractivity (Wildman–Crippen MR) is 56.6 cm³/mol. The molecule has 0 spiro atoms. The van der Waals surface area contributed by atoms with Crippen LogP contribution in [0.25, 0.3) is 0 Å². The molecule has 0 unspecified atom stereocenters. The summed E-state index contributed by atoms with van der Waals surface area (Å²) in [7, 11) is 0. The van der Waals surface area contributed by atoms with Gasteiger partial charge in [0.25, 0.3) is 0 Å². The molecule has 0 saturated heterocycles. The fourth-order valence-corrected chi connectivity index (χ4v) is 1.08. The summed E-state index contributed by atoms with van der Waals surface area (Å²) in [5.74, 6) is 5.63. The highest BCUT2D eigenvalue weighted by atomic mass is 35.5. The summed E-state index contributed by atoms with van der Waals surface area (Å²) in [5.41, 5.74) is 0.104. The molecule has 14 heavy (non-hydrogen) atoms. The van der Waals surface area contributed by atoms with Crippen LogP contribution in [0.5, 0.6) is 0 Å². The number of nitrogens with zero attached hydrogens (tertiary/aromatic N) is 2. The smallest absolute Gasteiger partial charge is 0.258 e. The average Bonchev–Trinajstić information content (AvgIpc) is 2.16. The Morgan fingerprint density at radius 3 is 2.93 bits per heavy atom. The van der Waals surface area contributed by atoms with Crippen molar-refractivity contribution < 1.29 is 4.92 Å². The molecular formula is C8H5ClN2O2S. The van der Waals surface area contributed by atoms with Gasteiger partial charge in [-0.15, -0.1) is 0 Å². The van der Waals surface area contributed by atoms with Crippen LogP contribution in [0.3, 0.4) is 0 Å². The lowest BCUT2D eigenvalue weighted by atomic mass is 10.2. The summed E-state index contributed by atoms with van der Waals surface area (Å²) < 4.78 is 0. The molecule has 0 aliphatic heterocycles. The minimum atomic E-state index is -0.596. The second kappa shape index (κ2) is 4.84. The Bertz CT molecular complexity index is 425. The third-order valence-corrected chi connectivity index (χ3v) is 1.92. The fraction of sp³-hybridized carbons (Fsp3) is 0.125. The van der Waals surface area contributed by atoms with Crippen molar-refractivity contribution in [1.82, 2.24) is 4.98 Å². The molecule has 0 bridgehead atoms. The van der Waals surface area contributed by atoms with Crippen LogP contribution < -0.4 is 0 Å². The highest BCUT2D eigenvalue weighted by Gasteiger charge is 2.14. The summed E-state index contributed by atoms with van der Waals surface area (Å²) in [6, 6.07) is 0. The quantitative estimate of drug-likeness (QED) is 0.346. The topological polar surface area (TPSA) is 56.0 Å². The lowest BCUT2D eigenvalue weighted by molar-refractivity contribution is -0.385. The van der Waals surface area contributed by atoms with Gasteiger partial charge in [0.15, 0.2) is 0 Å². The highest BCUT2D eigenvalue weighted by Crippen LogP contribution is 2.25. The number of aromatic nitrogens is 1. The normalized spacial score (nSPS) is 9.00. The Hall–Kier alpha value is -1.25. The lowest BCUT2D eigenvalue weighted by Gasteiger charge is -1.95. The first-order chi connectivity index (χ1) is 6.66. The zero-order chi connectivity index (χ0) is 10.6. The van der Waals surface area contributed by atoms with Gasteiger partial charge in [0.2, 0.25) is 0 Å². The maximum absolute atomic E-state index is 10.5. The molecule has 0 fully saturated rings. The van der Waals surface area contributed by atoms with Gasteiger partial charge >= 0.3 is 5.69 Å². The van der Waals surface area contributed by atoms with E-state index in [0.717, 1.165) is 6.20 Å². The first-order valence-electron chi connectivity index (χ1n) is 3.54. The van der Waals surface area contributed by atoms with E-state index in [4.69, 9.17) is 11.6 Å². The molecule has 0 aromatic carbocycles. The van der Waals surface area contributed by atoms with Crippen molar-refractivity contribution in [3.63, 3.8) is 0 Å². The van der Waals surface area contributed by atoms with Gasteiger partial charge in [0, 0.05) is 6.20 Å². The number of rotatable bonds is 1. The summed E-state index contributed by atoms with van der Waals surface area (Å²) in [4.78, 5) is 13.5. The van der Waals surface area contributed by atoms with E-state index in [1.165, 1.54) is 6.20 Å². The Balaban J connectivity index is 3.20. The maximum Gasteiger partial charge on any atom is 0.307 e. The Kier molecular flexibility index (Phi) is 3.74. The minimum absolute atomic E-state index is 0.0132. The molecule has 0 aliphatic carbocycles. The van der Waals surface area contributed by atoms with Gasteiger partial charge in [-0.3, -0.25) is 15.1 Å². The molecule has 1 aromatic heterocycles. The van der Waals surface area contributed by atoms with Gasteiger partial charge in [-0.2, -0.15) is 12.6 Å². The monoisotopic (exact) mass is 228 g/mol. The summed E-state index contributed by atoms with van der Waals surface area (Å²) >= 11 is 9.61. The molecule has 6 heteroatoms. The van der Waals surface area contributed by atoms with Crippen LogP contribution in [0, 0.1) is 22.0 Å². The molecule has 0 amide bonds. The largest absolute Gasteiger partial charge is 0.307 e. The van der Waals surface area contributed by atoms with E-state index in [0.29, 0.717) is 11.3 Å². The molecule has 0 aliphatic rings. The van der Waals surface area contributed by atoms with Crippen LogP contribution >= 0.6 is 24.2 Å². The molecule has 1 heterocycles. The van der Waals surface area contributed by atoms with Crippen LogP contribution in [-0.2, 0) is 0 Å². The minimum Gasteiger partial charge on any atom is -0.258 e. The Morgan fingerprint density at radius 2 is 2.36 bits per heavy atom. The van der Waals surface area contributed by atoms with Gasteiger partial charge in [0.05, 0.1) is 16.2 Å². The van der Waals surface area contributed by atoms with Crippen LogP contribution in [-0.4, -0.2) is 15.7 Å². The third kappa shape index (κ3) is 2.37. The Labute approximate surface area is 90.9 Å². The number of thiol groups is 1. The fourth-order valence-electron chi connectivity index (χ4n) is 0.783. The highest BCUT2D eigenvalue weighted by molar-refractivity contribution is 7.80. The van der Waals surface area contributed by atoms with Gasteiger partial charge in [-0.05, 0) is 0 Å². The zero-order valence-corrected chi connectivity index (χ0v) is 8.55. The van der Waals surface area contributed by atoms with Crippen molar-refractivity contribution in [2.24, 2.45) is 0 Å². The van der Waals surface area contributed by atoms with Crippen LogP contribution in [0.2, 0.25) is 5.02 Å². The van der Waals surface area contributed by atoms with E-state index in [9.17, 15) is 10.1 Å². The van der Waals surface area contributed by atoms with Crippen molar-refractivity contribution in [2.75, 3.05) is 5.75 Å². The van der Waals surface area contributed by atoms with Crippen molar-refractivity contribution >= 4 is 29.9 Å². The van der Waals surface area contributed by atoms with Crippen molar-refractivity contribution in [2.45, 2.75) is 0 Å². The standard InChI is InChI=1S/C8H5ClN2O2S/c9-8-6(2-1-3-14)4-10-5-7(8)11(12)13/h4-5,14H,3H2. The maximum atomic E-state index is 10.5. The zero-order valence-electron chi connectivity index (χ0n) is 6.90. The molecule has 0 saturated carbocycles. The summed E-state index contributed by atoms with van der Waals surface area (Å²) in [5, 5.41) is 10.5. The molecule has 0 atom stereocenters. The van der Waals surface area contributed by atoms with E-state index in [2.05, 4.69) is 29.5 Å². The number of hydrogen-bond acceptors (Lipinski definition) is 4. The summed E-state index contributed by atoms with van der Waals surface area (Å²) in [6.07, 6.45) is 2.47. The van der Waals surface area contributed by atoms with Crippen LogP contribution in [0.1, 0.15) is 5.56 Å². The van der Waals surface area contributed by atoms with Crippen LogP contribution in [0.4, 0.5) is 5.69 Å². The average molecular weight is 229 g/mol. The van der Waals surface area contributed by atoms with Gasteiger partial charge in [0.1, 0.15) is 11.2 Å². The molecule has 4 nitrogen and oxygen atoms in total. The SMILES string of the molecule is O=[N+]([O-])c1cncc(C#CCS)c1Cl. The van der Waals surface area contributed by atoms with Gasteiger partial charge in [-0.1, -0.05) is 23.4 Å². The second-order valence-electron chi connectivity index (χ2n) is 2.24. The van der Waals surface area contributed by atoms with Gasteiger partial charge in [-0.25, -0.2) is 0 Å². The molecular weight excluding hydrogens is 224 g/mol. The molecule has 0 N–H and O–H groups in total. The summed E-state index contributed by atoms with van der Waals surface area (Å²) in [6.45, 7) is 0.